The third kappa shape index (κ3) is 6.15. The minimum Gasteiger partial charge on any atom is -0.358 e. The van der Waals surface area contributed by atoms with Crippen molar-refractivity contribution in [1.82, 2.24) is 9.88 Å². The second-order valence-electron chi connectivity index (χ2n) is 7.06. The van der Waals surface area contributed by atoms with Gasteiger partial charge in [-0.15, -0.1) is 0 Å². The fraction of sp³-hybridized carbons (Fsp3) is 0.429. The van der Waals surface area contributed by atoms with E-state index in [1.165, 1.54) is 0 Å². The smallest absolute Gasteiger partial charge is 0.241 e. The number of carbonyl (C=O) groups excluding carboxylic acids is 1. The number of hydrogen-bond donors (Lipinski definition) is 1. The number of pyridine rings is 1. The number of rotatable bonds is 9. The molecule has 0 fully saturated rings. The van der Waals surface area contributed by atoms with E-state index in [9.17, 15) is 4.79 Å². The number of amides is 1. The van der Waals surface area contributed by atoms with Crippen LogP contribution in [0.25, 0.3) is 0 Å². The van der Waals surface area contributed by atoms with Crippen molar-refractivity contribution in [3.8, 4) is 0 Å². The highest BCUT2D eigenvalue weighted by Gasteiger charge is 2.17. The highest BCUT2D eigenvalue weighted by Crippen LogP contribution is 2.16. The third-order valence-corrected chi connectivity index (χ3v) is 4.62. The zero-order chi connectivity index (χ0) is 18.9. The molecule has 1 heterocycles. The lowest BCUT2D eigenvalue weighted by molar-refractivity contribution is -0.128. The first-order chi connectivity index (χ1) is 12.5. The molecule has 0 aliphatic heterocycles. The lowest BCUT2D eigenvalue weighted by Gasteiger charge is -2.28. The van der Waals surface area contributed by atoms with E-state index in [2.05, 4.69) is 23.7 Å². The van der Waals surface area contributed by atoms with Crippen molar-refractivity contribution in [2.45, 2.75) is 32.9 Å². The van der Waals surface area contributed by atoms with E-state index in [1.54, 1.807) is 11.1 Å². The van der Waals surface area contributed by atoms with E-state index in [1.807, 2.05) is 55.7 Å². The number of anilines is 1. The van der Waals surface area contributed by atoms with Gasteiger partial charge in [-0.25, -0.2) is 0 Å². The summed E-state index contributed by atoms with van der Waals surface area (Å²) in [6.45, 7) is 5.86. The van der Waals surface area contributed by atoms with Gasteiger partial charge in [0.25, 0.3) is 0 Å². The van der Waals surface area contributed by atoms with Crippen molar-refractivity contribution in [1.29, 1.82) is 0 Å². The lowest BCUT2D eigenvalue weighted by atomic mass is 10.0. The van der Waals surface area contributed by atoms with Gasteiger partial charge < -0.3 is 15.5 Å². The summed E-state index contributed by atoms with van der Waals surface area (Å²) in [7, 11) is 1.85. The number of likely N-dealkylation sites (N-methyl/N-ethyl adjacent to an activating group) is 1. The summed E-state index contributed by atoms with van der Waals surface area (Å²) in [6, 6.07) is 14.1. The van der Waals surface area contributed by atoms with Crippen molar-refractivity contribution in [3.05, 3.63) is 60.4 Å². The van der Waals surface area contributed by atoms with E-state index in [-0.39, 0.29) is 11.9 Å². The molecular weight excluding hydrogens is 324 g/mol. The quantitative estimate of drug-likeness (QED) is 0.752. The predicted molar refractivity (Wildman–Crippen MR) is 107 cm³/mol. The molecular formula is C21H30N4O. The fourth-order valence-corrected chi connectivity index (χ4v) is 2.67. The molecule has 0 spiro atoms. The molecule has 1 unspecified atom stereocenters. The van der Waals surface area contributed by atoms with Crippen molar-refractivity contribution in [2.24, 2.45) is 11.7 Å². The van der Waals surface area contributed by atoms with Gasteiger partial charge >= 0.3 is 0 Å². The molecule has 2 rings (SSSR count). The summed E-state index contributed by atoms with van der Waals surface area (Å²) < 4.78 is 0. The number of nitrogens with two attached hydrogens (primary N) is 1. The number of benzene rings is 1. The van der Waals surface area contributed by atoms with Crippen molar-refractivity contribution < 1.29 is 4.79 Å². The van der Waals surface area contributed by atoms with E-state index in [0.29, 0.717) is 25.6 Å². The van der Waals surface area contributed by atoms with E-state index in [0.717, 1.165) is 17.7 Å². The molecule has 1 aromatic heterocycles. The maximum Gasteiger partial charge on any atom is 0.241 e. The number of nitrogens with zero attached hydrogens (tertiary/aromatic N) is 3. The molecule has 0 aliphatic rings. The number of aromatic nitrogens is 1. The predicted octanol–water partition coefficient (Wildman–Crippen LogP) is 2.92. The summed E-state index contributed by atoms with van der Waals surface area (Å²) in [5.41, 5.74) is 8.21. The largest absolute Gasteiger partial charge is 0.358 e. The Bertz CT molecular complexity index is 660. The SMILES string of the molecule is CC(C)C(N)CCN(C)C(=O)CN(Cc1cccnc1)c1ccccc1. The molecule has 0 bridgehead atoms. The maximum absolute atomic E-state index is 12.7. The average Bonchev–Trinajstić information content (AvgIpc) is 2.66. The van der Waals surface area contributed by atoms with Gasteiger partial charge in [0.05, 0.1) is 6.54 Å². The molecule has 26 heavy (non-hydrogen) atoms. The second kappa shape index (κ2) is 9.92. The molecule has 5 nitrogen and oxygen atoms in total. The Hall–Kier alpha value is -2.40. The fourth-order valence-electron chi connectivity index (χ4n) is 2.67. The lowest BCUT2D eigenvalue weighted by Crippen LogP contribution is -2.40. The minimum absolute atomic E-state index is 0.0914. The number of hydrogen-bond acceptors (Lipinski definition) is 4. The number of para-hydroxylation sites is 1. The van der Waals surface area contributed by atoms with Gasteiger partial charge in [-0.1, -0.05) is 38.1 Å². The highest BCUT2D eigenvalue weighted by atomic mass is 16.2. The Morgan fingerprint density at radius 3 is 2.50 bits per heavy atom. The van der Waals surface area contributed by atoms with Crippen LogP contribution in [0.4, 0.5) is 5.69 Å². The normalized spacial score (nSPS) is 12.0. The summed E-state index contributed by atoms with van der Waals surface area (Å²) in [6.07, 6.45) is 4.41. The van der Waals surface area contributed by atoms with E-state index >= 15 is 0 Å². The molecule has 140 valence electrons. The van der Waals surface area contributed by atoms with Crippen LogP contribution in [0.15, 0.2) is 54.9 Å². The molecule has 1 aromatic carbocycles. The summed E-state index contributed by atoms with van der Waals surface area (Å²) in [5, 5.41) is 0. The Morgan fingerprint density at radius 1 is 1.15 bits per heavy atom. The van der Waals surface area contributed by atoms with Crippen molar-refractivity contribution in [3.63, 3.8) is 0 Å². The average molecular weight is 354 g/mol. The molecule has 0 radical (unpaired) electrons. The Kier molecular flexibility index (Phi) is 7.60. The summed E-state index contributed by atoms with van der Waals surface area (Å²) in [4.78, 5) is 20.8. The Labute approximate surface area is 156 Å². The van der Waals surface area contributed by atoms with Gasteiger partial charge in [-0.2, -0.15) is 0 Å². The summed E-state index contributed by atoms with van der Waals surface area (Å²) in [5.74, 6) is 0.513. The van der Waals surface area contributed by atoms with Crippen LogP contribution in [0.2, 0.25) is 0 Å². The maximum atomic E-state index is 12.7. The minimum atomic E-state index is 0.0914. The molecule has 0 saturated heterocycles. The van der Waals surface area contributed by atoms with Gasteiger partial charge in [0.15, 0.2) is 0 Å². The van der Waals surface area contributed by atoms with Gasteiger partial charge in [0.2, 0.25) is 5.91 Å². The standard InChI is InChI=1S/C21H30N4O/c1-17(2)20(22)11-13-24(3)21(26)16-25(19-9-5-4-6-10-19)15-18-8-7-12-23-14-18/h4-10,12,14,17,20H,11,13,15-16,22H2,1-3H3. The summed E-state index contributed by atoms with van der Waals surface area (Å²) >= 11 is 0. The molecule has 2 N–H and O–H groups in total. The first kappa shape index (κ1) is 19.9. The Morgan fingerprint density at radius 2 is 1.88 bits per heavy atom. The van der Waals surface area contributed by atoms with Crippen LogP contribution < -0.4 is 10.6 Å². The Balaban J connectivity index is 2.02. The van der Waals surface area contributed by atoms with Crippen LogP contribution in [0.5, 0.6) is 0 Å². The van der Waals surface area contributed by atoms with Gasteiger partial charge in [0.1, 0.15) is 0 Å². The highest BCUT2D eigenvalue weighted by molar-refractivity contribution is 5.81. The zero-order valence-corrected chi connectivity index (χ0v) is 16.0. The first-order valence-electron chi connectivity index (χ1n) is 9.16. The van der Waals surface area contributed by atoms with Gasteiger partial charge in [0, 0.05) is 44.3 Å². The van der Waals surface area contributed by atoms with Crippen molar-refractivity contribution in [2.75, 3.05) is 25.0 Å². The monoisotopic (exact) mass is 354 g/mol. The van der Waals surface area contributed by atoms with Crippen molar-refractivity contribution >= 4 is 11.6 Å². The third-order valence-electron chi connectivity index (χ3n) is 4.62. The number of carbonyl (C=O) groups is 1. The molecule has 2 aromatic rings. The van der Waals surface area contributed by atoms with Gasteiger partial charge in [-0.05, 0) is 36.1 Å². The van der Waals surface area contributed by atoms with E-state index in [4.69, 9.17) is 5.73 Å². The second-order valence-corrected chi connectivity index (χ2v) is 7.06. The molecule has 0 saturated carbocycles. The van der Waals surface area contributed by atoms with Crippen LogP contribution in [0.3, 0.4) is 0 Å². The molecule has 1 amide bonds. The molecule has 5 heteroatoms. The topological polar surface area (TPSA) is 62.5 Å². The molecule has 1 atom stereocenters. The zero-order valence-electron chi connectivity index (χ0n) is 16.0. The van der Waals surface area contributed by atoms with Crippen LogP contribution in [-0.4, -0.2) is 42.0 Å². The van der Waals surface area contributed by atoms with Gasteiger partial charge in [-0.3, -0.25) is 9.78 Å². The van der Waals surface area contributed by atoms with Crippen LogP contribution in [0.1, 0.15) is 25.8 Å². The van der Waals surface area contributed by atoms with E-state index < -0.39 is 0 Å². The first-order valence-corrected chi connectivity index (χ1v) is 9.16. The van der Waals surface area contributed by atoms with Crippen LogP contribution in [-0.2, 0) is 11.3 Å². The molecule has 0 aliphatic carbocycles. The van der Waals surface area contributed by atoms with Crippen LogP contribution >= 0.6 is 0 Å². The van der Waals surface area contributed by atoms with Crippen LogP contribution in [0, 0.1) is 5.92 Å².